The fraction of sp³-hybridized carbons (Fsp3) is 0.308. The second-order valence-corrected chi connectivity index (χ2v) is 4.75. The summed E-state index contributed by atoms with van der Waals surface area (Å²) in [6, 6.07) is 5.80. The minimum atomic E-state index is -0.827. The van der Waals surface area contributed by atoms with E-state index in [9.17, 15) is 14.9 Å². The Morgan fingerprint density at radius 2 is 1.84 bits per heavy atom. The van der Waals surface area contributed by atoms with E-state index < -0.39 is 10.6 Å². The largest absolute Gasteiger partial charge is 0.473 e. The summed E-state index contributed by atoms with van der Waals surface area (Å²) in [5.41, 5.74) is -0.283. The summed E-state index contributed by atoms with van der Waals surface area (Å²) in [5.74, 6) is 0.343. The van der Waals surface area contributed by atoms with Crippen LogP contribution in [0.15, 0.2) is 36.1 Å². The predicted octanol–water partition coefficient (Wildman–Crippen LogP) is 2.60. The number of non-ortho nitro benzene ring substituents is 1. The smallest absolute Gasteiger partial charge is 0.269 e. The van der Waals surface area contributed by atoms with Crippen molar-refractivity contribution in [3.8, 4) is 0 Å². The highest BCUT2D eigenvalue weighted by atomic mass is 16.6. The molecule has 0 unspecified atom stereocenters. The van der Waals surface area contributed by atoms with E-state index in [1.165, 1.54) is 35.2 Å². The number of nitro groups is 1. The van der Waals surface area contributed by atoms with Crippen LogP contribution in [0.2, 0.25) is 0 Å². The third-order valence-corrected chi connectivity index (χ3v) is 2.82. The zero-order chi connectivity index (χ0) is 14.2. The van der Waals surface area contributed by atoms with E-state index in [1.807, 2.05) is 0 Å². The molecule has 2 rings (SSSR count). The molecule has 1 heterocycles. The van der Waals surface area contributed by atoms with Crippen molar-refractivity contribution < 1.29 is 14.5 Å². The second kappa shape index (κ2) is 4.38. The van der Waals surface area contributed by atoms with Gasteiger partial charge in [-0.2, -0.15) is 0 Å². The first-order valence-corrected chi connectivity index (χ1v) is 5.77. The third-order valence-electron chi connectivity index (χ3n) is 2.82. The number of rotatable bonds is 2. The van der Waals surface area contributed by atoms with Gasteiger partial charge >= 0.3 is 0 Å². The van der Waals surface area contributed by atoms with E-state index in [4.69, 9.17) is 4.74 Å². The molecule has 1 aliphatic rings. The van der Waals surface area contributed by atoms with Crippen LogP contribution in [-0.4, -0.2) is 16.6 Å². The van der Waals surface area contributed by atoms with Gasteiger partial charge in [0.1, 0.15) is 5.76 Å². The highest BCUT2D eigenvalue weighted by molar-refractivity contribution is 6.03. The van der Waals surface area contributed by atoms with E-state index in [2.05, 4.69) is 0 Å². The molecule has 1 amide bonds. The van der Waals surface area contributed by atoms with Gasteiger partial charge in [0.2, 0.25) is 0 Å². The molecule has 100 valence electrons. The summed E-state index contributed by atoms with van der Waals surface area (Å²) in [7, 11) is 0. The minimum absolute atomic E-state index is 0.0151. The monoisotopic (exact) mass is 262 g/mol. The average Bonchev–Trinajstić information content (AvgIpc) is 2.26. The Balaban J connectivity index is 2.40. The number of amides is 1. The van der Waals surface area contributed by atoms with Crippen molar-refractivity contribution in [1.82, 2.24) is 0 Å². The van der Waals surface area contributed by atoms with Gasteiger partial charge in [-0.15, -0.1) is 0 Å². The van der Waals surface area contributed by atoms with Gasteiger partial charge in [-0.3, -0.25) is 19.8 Å². The molecule has 0 fully saturated rings. The second-order valence-electron chi connectivity index (χ2n) is 4.75. The molecule has 0 radical (unpaired) electrons. The number of hydrogen-bond donors (Lipinski definition) is 0. The van der Waals surface area contributed by atoms with Crippen LogP contribution in [0.1, 0.15) is 20.8 Å². The van der Waals surface area contributed by atoms with Crippen LogP contribution in [0.3, 0.4) is 0 Å². The molecule has 0 saturated heterocycles. The molecule has 0 atom stereocenters. The van der Waals surface area contributed by atoms with Gasteiger partial charge in [-0.25, -0.2) is 0 Å². The molecule has 0 saturated carbocycles. The van der Waals surface area contributed by atoms with Crippen molar-refractivity contribution in [2.24, 2.45) is 0 Å². The summed E-state index contributed by atoms with van der Waals surface area (Å²) >= 11 is 0. The van der Waals surface area contributed by atoms with Gasteiger partial charge in [-0.05, 0) is 32.9 Å². The van der Waals surface area contributed by atoms with Crippen LogP contribution in [0, 0.1) is 10.1 Å². The fourth-order valence-electron chi connectivity index (χ4n) is 2.13. The Morgan fingerprint density at radius 1 is 1.26 bits per heavy atom. The summed E-state index contributed by atoms with van der Waals surface area (Å²) in [6.45, 7) is 5.25. The quantitative estimate of drug-likeness (QED) is 0.606. The first-order valence-electron chi connectivity index (χ1n) is 5.77. The molecule has 6 nitrogen and oxygen atoms in total. The van der Waals surface area contributed by atoms with Gasteiger partial charge in [0.15, 0.2) is 5.72 Å². The molecule has 1 aromatic rings. The molecule has 0 N–H and O–H groups in total. The number of nitrogens with zero attached hydrogens (tertiary/aromatic N) is 2. The number of benzene rings is 1. The van der Waals surface area contributed by atoms with E-state index >= 15 is 0 Å². The van der Waals surface area contributed by atoms with E-state index in [0.717, 1.165) is 0 Å². The first kappa shape index (κ1) is 13.1. The van der Waals surface area contributed by atoms with Crippen LogP contribution in [0.25, 0.3) is 0 Å². The Labute approximate surface area is 110 Å². The highest BCUT2D eigenvalue weighted by Gasteiger charge is 2.37. The van der Waals surface area contributed by atoms with Crippen molar-refractivity contribution in [2.45, 2.75) is 26.5 Å². The normalized spacial score (nSPS) is 17.7. The summed E-state index contributed by atoms with van der Waals surface area (Å²) in [4.78, 5) is 23.7. The molecule has 19 heavy (non-hydrogen) atoms. The van der Waals surface area contributed by atoms with E-state index in [0.29, 0.717) is 11.4 Å². The van der Waals surface area contributed by atoms with E-state index in [-0.39, 0.29) is 11.6 Å². The number of hydrogen-bond acceptors (Lipinski definition) is 4. The third kappa shape index (κ3) is 2.42. The molecule has 1 aromatic carbocycles. The van der Waals surface area contributed by atoms with Gasteiger partial charge in [0.05, 0.1) is 4.92 Å². The molecular weight excluding hydrogens is 248 g/mol. The van der Waals surface area contributed by atoms with Gasteiger partial charge in [-0.1, -0.05) is 0 Å². The SMILES string of the molecule is CC1=CC(=O)N(c2ccc([N+](=O)[O-])cc2)C(C)(C)O1. The minimum Gasteiger partial charge on any atom is -0.473 e. The van der Waals surface area contributed by atoms with Crippen molar-refractivity contribution in [2.75, 3.05) is 4.90 Å². The molecule has 0 spiro atoms. The zero-order valence-corrected chi connectivity index (χ0v) is 10.9. The molecule has 0 aliphatic carbocycles. The number of nitro benzene ring substituents is 1. The number of carbonyl (C=O) groups is 1. The fourth-order valence-corrected chi connectivity index (χ4v) is 2.13. The Bertz CT molecular complexity index is 561. The predicted molar refractivity (Wildman–Crippen MR) is 69.5 cm³/mol. The van der Waals surface area contributed by atoms with Gasteiger partial charge < -0.3 is 4.74 Å². The summed E-state index contributed by atoms with van der Waals surface area (Å²) < 4.78 is 5.62. The van der Waals surface area contributed by atoms with E-state index in [1.54, 1.807) is 20.8 Å². The number of anilines is 1. The van der Waals surface area contributed by atoms with Crippen molar-refractivity contribution in [1.29, 1.82) is 0 Å². The van der Waals surface area contributed by atoms with Crippen LogP contribution in [0.4, 0.5) is 11.4 Å². The van der Waals surface area contributed by atoms with Crippen LogP contribution >= 0.6 is 0 Å². The number of carbonyl (C=O) groups excluding carboxylic acids is 1. The number of ether oxygens (including phenoxy) is 1. The first-order chi connectivity index (χ1) is 8.81. The summed E-state index contributed by atoms with van der Waals surface area (Å²) in [6.07, 6.45) is 1.40. The number of allylic oxidation sites excluding steroid dienone is 1. The maximum atomic E-state index is 12.1. The lowest BCUT2D eigenvalue weighted by atomic mass is 10.1. The van der Waals surface area contributed by atoms with Crippen molar-refractivity contribution >= 4 is 17.3 Å². The van der Waals surface area contributed by atoms with Crippen LogP contribution in [0.5, 0.6) is 0 Å². The van der Waals surface area contributed by atoms with Crippen LogP contribution < -0.4 is 4.90 Å². The molecular formula is C13H14N2O4. The van der Waals surface area contributed by atoms with Gasteiger partial charge in [0.25, 0.3) is 11.6 Å². The average molecular weight is 262 g/mol. The van der Waals surface area contributed by atoms with Gasteiger partial charge in [0, 0.05) is 23.9 Å². The molecule has 1 aliphatic heterocycles. The lowest BCUT2D eigenvalue weighted by molar-refractivity contribution is -0.384. The topological polar surface area (TPSA) is 72.7 Å². The van der Waals surface area contributed by atoms with Crippen molar-refractivity contribution in [3.63, 3.8) is 0 Å². The van der Waals surface area contributed by atoms with Crippen molar-refractivity contribution in [3.05, 3.63) is 46.2 Å². The molecule has 0 bridgehead atoms. The standard InChI is InChI=1S/C13H14N2O4/c1-9-8-12(16)14(13(2,3)19-9)10-4-6-11(7-5-10)15(17)18/h4-8H,1-3H3. The lowest BCUT2D eigenvalue weighted by Crippen LogP contribution is -2.51. The lowest BCUT2D eigenvalue weighted by Gasteiger charge is -2.41. The highest BCUT2D eigenvalue weighted by Crippen LogP contribution is 2.31. The summed E-state index contributed by atoms with van der Waals surface area (Å²) in [5, 5.41) is 10.6. The Hall–Kier alpha value is -2.37. The zero-order valence-electron chi connectivity index (χ0n) is 10.9. The van der Waals surface area contributed by atoms with Crippen LogP contribution in [-0.2, 0) is 9.53 Å². The maximum absolute atomic E-state index is 12.1. The molecule has 0 aromatic heterocycles. The molecule has 6 heteroatoms. The maximum Gasteiger partial charge on any atom is 0.269 e. The Morgan fingerprint density at radius 3 is 2.32 bits per heavy atom. The Kier molecular flexibility index (Phi) is 3.01.